The zero-order valence-corrected chi connectivity index (χ0v) is 42.7. The average Bonchev–Trinajstić information content (AvgIpc) is 3.30. The number of benzene rings is 4. The third-order valence-corrected chi connectivity index (χ3v) is 14.7. The molecule has 0 aliphatic rings. The lowest BCUT2D eigenvalue weighted by molar-refractivity contribution is 0.540. The molecule has 2 nitrogen and oxygen atoms in total. The zero-order chi connectivity index (χ0) is 46.2. The molecular weight excluding hydrogens is 785 g/mol. The van der Waals surface area contributed by atoms with Crippen LogP contribution in [0, 0.1) is 13.8 Å². The van der Waals surface area contributed by atoms with Crippen LogP contribution >= 0.6 is 0 Å². The third-order valence-electron chi connectivity index (χ3n) is 14.7. The highest BCUT2D eigenvalue weighted by molar-refractivity contribution is 5.49. The van der Waals surface area contributed by atoms with Crippen molar-refractivity contribution in [2.24, 2.45) is 0 Å². The second-order valence-electron chi connectivity index (χ2n) is 20.4. The van der Waals surface area contributed by atoms with Crippen LogP contribution in [0.15, 0.2) is 84.9 Å². The summed E-state index contributed by atoms with van der Waals surface area (Å²) in [5, 5.41) is 0. The second-order valence-corrected chi connectivity index (χ2v) is 20.4. The van der Waals surface area contributed by atoms with E-state index in [4.69, 9.17) is 11.5 Å². The van der Waals surface area contributed by atoms with Crippen LogP contribution in [0.25, 0.3) is 0 Å². The van der Waals surface area contributed by atoms with E-state index in [1.165, 1.54) is 256 Å². The largest absolute Gasteiger partial charge is 0.399 e. The molecule has 0 saturated carbocycles. The summed E-state index contributed by atoms with van der Waals surface area (Å²) in [6, 6.07) is 32.5. The third kappa shape index (κ3) is 22.2. The van der Waals surface area contributed by atoms with Crippen LogP contribution in [-0.4, -0.2) is 0 Å². The van der Waals surface area contributed by atoms with E-state index in [1.807, 2.05) is 0 Å². The van der Waals surface area contributed by atoms with E-state index in [1.54, 1.807) is 0 Å². The number of rotatable bonds is 38. The van der Waals surface area contributed by atoms with Crippen LogP contribution in [0.2, 0.25) is 0 Å². The first-order valence-corrected chi connectivity index (χ1v) is 27.8. The Bertz CT molecular complexity index is 1640. The molecule has 2 unspecified atom stereocenters. The number of aryl methyl sites for hydroxylation is 4. The second kappa shape index (κ2) is 33.9. The molecule has 4 N–H and O–H groups in total. The number of nitrogen functional groups attached to an aromatic ring is 2. The fraction of sp³-hybridized carbons (Fsp3) is 0.619. The van der Waals surface area contributed by atoms with Gasteiger partial charge >= 0.3 is 0 Å². The smallest absolute Gasteiger partial charge is 0.0316 e. The Morgan fingerprint density at radius 2 is 0.600 bits per heavy atom. The average molecular weight is 883 g/mol. The Kier molecular flexibility index (Phi) is 28.2. The number of unbranched alkanes of at least 4 members (excludes halogenated alkanes) is 26. The van der Waals surface area contributed by atoms with Crippen molar-refractivity contribution in [3.05, 3.63) is 129 Å². The molecule has 0 fully saturated rings. The summed E-state index contributed by atoms with van der Waals surface area (Å²) in [6.07, 6.45) is 44.7. The maximum absolute atomic E-state index is 6.17. The van der Waals surface area contributed by atoms with Crippen molar-refractivity contribution in [1.29, 1.82) is 0 Å². The van der Waals surface area contributed by atoms with E-state index < -0.39 is 0 Å². The first kappa shape index (κ1) is 54.1. The van der Waals surface area contributed by atoms with E-state index in [-0.39, 0.29) is 0 Å². The lowest BCUT2D eigenvalue weighted by Gasteiger charge is -2.21. The molecule has 4 aromatic carbocycles. The van der Waals surface area contributed by atoms with Crippen LogP contribution in [0.3, 0.4) is 0 Å². The summed E-state index contributed by atoms with van der Waals surface area (Å²) in [5.41, 5.74) is 25.6. The molecule has 0 spiro atoms. The monoisotopic (exact) mass is 883 g/mol. The van der Waals surface area contributed by atoms with E-state index in [0.29, 0.717) is 11.8 Å². The fourth-order valence-electron chi connectivity index (χ4n) is 10.6. The molecule has 4 rings (SSSR count). The Morgan fingerprint density at radius 3 is 0.892 bits per heavy atom. The van der Waals surface area contributed by atoms with Crippen LogP contribution in [0.4, 0.5) is 11.4 Å². The molecular formula is C63H98N2. The van der Waals surface area contributed by atoms with Crippen LogP contribution in [-0.2, 0) is 12.8 Å². The molecule has 0 saturated heterocycles. The summed E-state index contributed by atoms with van der Waals surface area (Å²) >= 11 is 0. The van der Waals surface area contributed by atoms with Gasteiger partial charge in [0.15, 0.2) is 0 Å². The van der Waals surface area contributed by atoms with Gasteiger partial charge in [-0.3, -0.25) is 0 Å². The molecule has 2 heteroatoms. The summed E-state index contributed by atoms with van der Waals surface area (Å²) in [4.78, 5) is 0. The number of hydrogen-bond donors (Lipinski definition) is 2. The minimum absolute atomic E-state index is 0.457. The van der Waals surface area contributed by atoms with Crippen LogP contribution in [0.5, 0.6) is 0 Å². The zero-order valence-electron chi connectivity index (χ0n) is 42.7. The Hall–Kier alpha value is -3.52. The van der Waals surface area contributed by atoms with Gasteiger partial charge in [0.05, 0.1) is 0 Å². The van der Waals surface area contributed by atoms with Gasteiger partial charge in [-0.05, 0) is 121 Å². The van der Waals surface area contributed by atoms with E-state index in [0.717, 1.165) is 11.4 Å². The van der Waals surface area contributed by atoms with E-state index >= 15 is 0 Å². The normalized spacial score (nSPS) is 12.5. The van der Waals surface area contributed by atoms with Gasteiger partial charge < -0.3 is 11.5 Å². The highest BCUT2D eigenvalue weighted by Gasteiger charge is 2.18. The molecule has 0 heterocycles. The lowest BCUT2D eigenvalue weighted by atomic mass is 9.84. The standard InChI is InChI=1S/C63H98N2/c1-5-7-9-11-13-15-20-24-28-32-36-62(60-48-46-58(64)50-52(60)3)56-42-38-54(39-43-56)34-30-26-22-18-17-19-23-27-31-35-55-40-44-57(45-41-55)63(61-49-47-59(65)51-53(61)4)37-33-29-25-21-16-14-12-10-8-6-2/h38-51,62-63H,5-37,64-65H2,1-4H3. The fourth-order valence-corrected chi connectivity index (χ4v) is 10.6. The number of anilines is 2. The molecule has 0 amide bonds. The molecule has 360 valence electrons. The molecule has 2 atom stereocenters. The maximum Gasteiger partial charge on any atom is 0.0316 e. The Balaban J connectivity index is 1.08. The maximum atomic E-state index is 6.17. The van der Waals surface area contributed by atoms with Crippen molar-refractivity contribution >= 4 is 11.4 Å². The summed E-state index contributed by atoms with van der Waals surface area (Å²) in [7, 11) is 0. The highest BCUT2D eigenvalue weighted by atomic mass is 14.5. The SMILES string of the molecule is CCCCCCCCCCCCC(c1ccc(CCCCCCCCCCCc2ccc(C(CCCCCCCCCCCC)c3ccc(N)cc3C)cc2)cc1)c1ccc(N)cc1C. The predicted octanol–water partition coefficient (Wildman–Crippen LogP) is 19.6. The minimum atomic E-state index is 0.457. The van der Waals surface area contributed by atoms with Crippen LogP contribution in [0.1, 0.15) is 269 Å². The highest BCUT2D eigenvalue weighted by Crippen LogP contribution is 2.35. The number of hydrogen-bond acceptors (Lipinski definition) is 2. The first-order valence-electron chi connectivity index (χ1n) is 27.8. The van der Waals surface area contributed by atoms with Crippen molar-refractivity contribution in [3.8, 4) is 0 Å². The Labute approximate surface area is 402 Å². The summed E-state index contributed by atoms with van der Waals surface area (Å²) in [5.74, 6) is 0.913. The summed E-state index contributed by atoms with van der Waals surface area (Å²) in [6.45, 7) is 9.09. The molecule has 65 heavy (non-hydrogen) atoms. The van der Waals surface area contributed by atoms with Crippen molar-refractivity contribution in [3.63, 3.8) is 0 Å². The summed E-state index contributed by atoms with van der Waals surface area (Å²) < 4.78 is 0. The van der Waals surface area contributed by atoms with E-state index in [2.05, 4.69) is 113 Å². The lowest BCUT2D eigenvalue weighted by Crippen LogP contribution is -2.05. The quantitative estimate of drug-likeness (QED) is 0.0348. The Morgan fingerprint density at radius 1 is 0.323 bits per heavy atom. The molecule has 0 bridgehead atoms. The van der Waals surface area contributed by atoms with Gasteiger partial charge in [-0.25, -0.2) is 0 Å². The van der Waals surface area contributed by atoms with Gasteiger partial charge in [0, 0.05) is 23.2 Å². The van der Waals surface area contributed by atoms with Gasteiger partial charge in [0.2, 0.25) is 0 Å². The van der Waals surface area contributed by atoms with Crippen molar-refractivity contribution in [1.82, 2.24) is 0 Å². The molecule has 0 radical (unpaired) electrons. The van der Waals surface area contributed by atoms with Gasteiger partial charge in [-0.2, -0.15) is 0 Å². The van der Waals surface area contributed by atoms with Crippen molar-refractivity contribution in [2.75, 3.05) is 11.5 Å². The number of nitrogens with two attached hydrogens (primary N) is 2. The van der Waals surface area contributed by atoms with Gasteiger partial charge in [0.25, 0.3) is 0 Å². The van der Waals surface area contributed by atoms with Crippen LogP contribution < -0.4 is 11.5 Å². The van der Waals surface area contributed by atoms with Crippen molar-refractivity contribution in [2.45, 2.75) is 251 Å². The molecule has 4 aromatic rings. The van der Waals surface area contributed by atoms with Gasteiger partial charge in [-0.15, -0.1) is 0 Å². The van der Waals surface area contributed by atoms with Crippen molar-refractivity contribution < 1.29 is 0 Å². The molecule has 0 aromatic heterocycles. The molecule has 0 aliphatic carbocycles. The van der Waals surface area contributed by atoms with Gasteiger partial charge in [0.1, 0.15) is 0 Å². The first-order chi connectivity index (χ1) is 31.9. The van der Waals surface area contributed by atoms with E-state index in [9.17, 15) is 0 Å². The minimum Gasteiger partial charge on any atom is -0.399 e. The molecule has 0 aliphatic heterocycles. The topological polar surface area (TPSA) is 52.0 Å². The predicted molar refractivity (Wildman–Crippen MR) is 290 cm³/mol. The van der Waals surface area contributed by atoms with Gasteiger partial charge in [-0.1, -0.05) is 248 Å².